The van der Waals surface area contributed by atoms with Gasteiger partial charge in [-0.15, -0.1) is 0 Å². The van der Waals surface area contributed by atoms with Crippen LogP contribution in [0.25, 0.3) is 10.9 Å². The summed E-state index contributed by atoms with van der Waals surface area (Å²) in [4.78, 5) is 29.6. The number of nitrogens with zero attached hydrogens (tertiary/aromatic N) is 2. The molecule has 1 unspecified atom stereocenters. The molecule has 0 fully saturated rings. The minimum absolute atomic E-state index is 0.191. The minimum atomic E-state index is -0.477. The summed E-state index contributed by atoms with van der Waals surface area (Å²) >= 11 is 6.01. The quantitative estimate of drug-likeness (QED) is 0.764. The summed E-state index contributed by atoms with van der Waals surface area (Å²) in [5.74, 6) is 0.758. The van der Waals surface area contributed by atoms with Crippen LogP contribution in [0.5, 0.6) is 5.75 Å². The van der Waals surface area contributed by atoms with Crippen molar-refractivity contribution in [1.29, 1.82) is 0 Å². The molecule has 0 spiro atoms. The van der Waals surface area contributed by atoms with E-state index in [1.807, 2.05) is 0 Å². The second kappa shape index (κ2) is 7.17. The Balaban J connectivity index is 1.94. The van der Waals surface area contributed by atoms with Crippen LogP contribution in [-0.4, -0.2) is 22.6 Å². The van der Waals surface area contributed by atoms with E-state index in [4.69, 9.17) is 16.3 Å². The zero-order valence-electron chi connectivity index (χ0n) is 14.6. The van der Waals surface area contributed by atoms with Crippen molar-refractivity contribution in [2.24, 2.45) is 7.05 Å². The normalized spacial score (nSPS) is 12.0. The highest BCUT2D eigenvalue weighted by Gasteiger charge is 2.18. The molecule has 3 aromatic rings. The van der Waals surface area contributed by atoms with Gasteiger partial charge in [0.15, 0.2) is 0 Å². The number of hydrogen-bond acceptors (Lipinski definition) is 4. The first-order valence-corrected chi connectivity index (χ1v) is 8.39. The monoisotopic (exact) mass is 371 g/mol. The van der Waals surface area contributed by atoms with Crippen molar-refractivity contribution < 1.29 is 9.53 Å². The van der Waals surface area contributed by atoms with Gasteiger partial charge in [-0.1, -0.05) is 17.7 Å². The Morgan fingerprint density at radius 2 is 2.04 bits per heavy atom. The molecule has 134 valence electrons. The molecule has 1 heterocycles. The van der Waals surface area contributed by atoms with Crippen LogP contribution in [0, 0.1) is 0 Å². The van der Waals surface area contributed by atoms with Crippen molar-refractivity contribution in [2.75, 3.05) is 7.11 Å². The topological polar surface area (TPSA) is 73.2 Å². The van der Waals surface area contributed by atoms with E-state index in [1.165, 1.54) is 4.57 Å². The van der Waals surface area contributed by atoms with Gasteiger partial charge in [-0.3, -0.25) is 14.2 Å². The van der Waals surface area contributed by atoms with E-state index in [2.05, 4.69) is 10.3 Å². The molecule has 1 amide bonds. The fourth-order valence-corrected chi connectivity index (χ4v) is 2.92. The number of hydrogen-bond donors (Lipinski definition) is 1. The van der Waals surface area contributed by atoms with Crippen LogP contribution in [0.2, 0.25) is 5.02 Å². The van der Waals surface area contributed by atoms with Crippen molar-refractivity contribution in [3.63, 3.8) is 0 Å². The Bertz CT molecular complexity index is 1050. The highest BCUT2D eigenvalue weighted by molar-refractivity contribution is 6.31. The molecule has 0 saturated heterocycles. The van der Waals surface area contributed by atoms with E-state index in [-0.39, 0.29) is 11.5 Å². The largest absolute Gasteiger partial charge is 0.497 e. The third-order valence-electron chi connectivity index (χ3n) is 4.14. The average molecular weight is 372 g/mol. The first kappa shape index (κ1) is 17.9. The van der Waals surface area contributed by atoms with Crippen LogP contribution in [-0.2, 0) is 7.05 Å². The number of methoxy groups -OCH3 is 1. The Morgan fingerprint density at radius 1 is 1.27 bits per heavy atom. The van der Waals surface area contributed by atoms with E-state index >= 15 is 0 Å². The fourth-order valence-electron chi connectivity index (χ4n) is 2.76. The molecule has 1 N–H and O–H groups in total. The van der Waals surface area contributed by atoms with Crippen molar-refractivity contribution >= 4 is 28.4 Å². The molecule has 26 heavy (non-hydrogen) atoms. The van der Waals surface area contributed by atoms with Gasteiger partial charge in [-0.05, 0) is 43.3 Å². The SMILES string of the molecule is COc1cccc(C(=O)NC(C)c2nc3cc(Cl)ccc3c(=O)n2C)c1. The predicted octanol–water partition coefficient (Wildman–Crippen LogP) is 3.09. The van der Waals surface area contributed by atoms with Gasteiger partial charge in [0.05, 0.1) is 24.1 Å². The van der Waals surface area contributed by atoms with E-state index < -0.39 is 6.04 Å². The van der Waals surface area contributed by atoms with Gasteiger partial charge in [-0.25, -0.2) is 4.98 Å². The number of benzene rings is 2. The summed E-state index contributed by atoms with van der Waals surface area (Å²) in [6.07, 6.45) is 0. The van der Waals surface area contributed by atoms with Gasteiger partial charge in [0.2, 0.25) is 0 Å². The molecule has 0 bridgehead atoms. The number of carbonyl (C=O) groups excluding carboxylic acids is 1. The summed E-state index contributed by atoms with van der Waals surface area (Å²) in [5.41, 5.74) is 0.771. The number of nitrogens with one attached hydrogen (secondary N) is 1. The highest BCUT2D eigenvalue weighted by Crippen LogP contribution is 2.18. The number of rotatable bonds is 4. The van der Waals surface area contributed by atoms with Crippen LogP contribution >= 0.6 is 11.6 Å². The molecule has 0 saturated carbocycles. The number of fused-ring (bicyclic) bond motifs is 1. The standard InChI is InChI=1S/C19H18ClN3O3/c1-11(21-18(24)12-5-4-6-14(9-12)26-3)17-22-16-10-13(20)7-8-15(16)19(25)23(17)2/h4-11H,1-3H3,(H,21,24). The van der Waals surface area contributed by atoms with E-state index in [9.17, 15) is 9.59 Å². The maximum atomic E-state index is 12.6. The Morgan fingerprint density at radius 3 is 2.77 bits per heavy atom. The Labute approximate surface area is 155 Å². The number of halogens is 1. The fraction of sp³-hybridized carbons (Fsp3) is 0.211. The van der Waals surface area contributed by atoms with Gasteiger partial charge < -0.3 is 10.1 Å². The summed E-state index contributed by atoms with van der Waals surface area (Å²) in [5, 5.41) is 3.84. The zero-order valence-corrected chi connectivity index (χ0v) is 15.4. The molecular weight excluding hydrogens is 354 g/mol. The average Bonchev–Trinajstić information content (AvgIpc) is 2.64. The Hall–Kier alpha value is -2.86. The molecule has 0 aliphatic rings. The molecule has 0 radical (unpaired) electrons. The molecule has 1 aromatic heterocycles. The second-order valence-electron chi connectivity index (χ2n) is 5.92. The van der Waals surface area contributed by atoms with E-state index in [0.717, 1.165) is 0 Å². The molecule has 3 rings (SSSR count). The van der Waals surface area contributed by atoms with Gasteiger partial charge in [0.25, 0.3) is 11.5 Å². The van der Waals surface area contributed by atoms with Crippen LogP contribution in [0.15, 0.2) is 47.3 Å². The molecule has 1 atom stereocenters. The van der Waals surface area contributed by atoms with Gasteiger partial charge >= 0.3 is 0 Å². The molecule has 6 nitrogen and oxygen atoms in total. The lowest BCUT2D eigenvalue weighted by atomic mass is 10.1. The summed E-state index contributed by atoms with van der Waals surface area (Å²) < 4.78 is 6.58. The third-order valence-corrected chi connectivity index (χ3v) is 4.38. The first-order valence-electron chi connectivity index (χ1n) is 8.02. The summed E-state index contributed by atoms with van der Waals surface area (Å²) in [6, 6.07) is 11.3. The van der Waals surface area contributed by atoms with Crippen LogP contribution in [0.4, 0.5) is 0 Å². The van der Waals surface area contributed by atoms with Crippen LogP contribution in [0.1, 0.15) is 29.1 Å². The second-order valence-corrected chi connectivity index (χ2v) is 6.36. The molecular formula is C19H18ClN3O3. The first-order chi connectivity index (χ1) is 12.4. The Kier molecular flexibility index (Phi) is 4.95. The lowest BCUT2D eigenvalue weighted by Gasteiger charge is -2.17. The molecule has 0 aliphatic carbocycles. The van der Waals surface area contributed by atoms with E-state index in [1.54, 1.807) is 63.5 Å². The zero-order chi connectivity index (χ0) is 18.8. The minimum Gasteiger partial charge on any atom is -0.497 e. The number of carbonyl (C=O) groups is 1. The lowest BCUT2D eigenvalue weighted by Crippen LogP contribution is -2.32. The van der Waals surface area contributed by atoms with Gasteiger partial charge in [0, 0.05) is 17.6 Å². The number of amides is 1. The predicted molar refractivity (Wildman–Crippen MR) is 101 cm³/mol. The number of aromatic nitrogens is 2. The third kappa shape index (κ3) is 3.41. The lowest BCUT2D eigenvalue weighted by molar-refractivity contribution is 0.0937. The molecule has 7 heteroatoms. The highest BCUT2D eigenvalue weighted by atomic mass is 35.5. The van der Waals surface area contributed by atoms with Crippen molar-refractivity contribution in [2.45, 2.75) is 13.0 Å². The summed E-state index contributed by atoms with van der Waals surface area (Å²) in [6.45, 7) is 1.77. The van der Waals surface area contributed by atoms with Gasteiger partial charge in [-0.2, -0.15) is 0 Å². The van der Waals surface area contributed by atoms with Crippen LogP contribution < -0.4 is 15.6 Å². The molecule has 0 aliphatic heterocycles. The van der Waals surface area contributed by atoms with Gasteiger partial charge in [0.1, 0.15) is 11.6 Å². The maximum Gasteiger partial charge on any atom is 0.261 e. The van der Waals surface area contributed by atoms with Crippen molar-refractivity contribution in [3.05, 3.63) is 69.2 Å². The molecule has 2 aromatic carbocycles. The smallest absolute Gasteiger partial charge is 0.261 e. The number of ether oxygens (including phenoxy) is 1. The summed E-state index contributed by atoms with van der Waals surface area (Å²) in [7, 11) is 3.17. The van der Waals surface area contributed by atoms with Crippen molar-refractivity contribution in [1.82, 2.24) is 14.9 Å². The van der Waals surface area contributed by atoms with Crippen LogP contribution in [0.3, 0.4) is 0 Å². The van der Waals surface area contributed by atoms with E-state index in [0.29, 0.717) is 33.1 Å². The van der Waals surface area contributed by atoms with Crippen molar-refractivity contribution in [3.8, 4) is 5.75 Å². The maximum absolute atomic E-state index is 12.6.